The maximum absolute atomic E-state index is 13.2. The van der Waals surface area contributed by atoms with Crippen molar-refractivity contribution in [2.24, 2.45) is 5.92 Å². The van der Waals surface area contributed by atoms with E-state index in [0.717, 1.165) is 37.0 Å². The third kappa shape index (κ3) is 5.59. The Bertz CT molecular complexity index is 1510. The predicted octanol–water partition coefficient (Wildman–Crippen LogP) is 6.54. The van der Waals surface area contributed by atoms with E-state index in [1.807, 2.05) is 51.1 Å². The Hall–Kier alpha value is -4.15. The molecule has 0 radical (unpaired) electrons. The number of benzene rings is 2. The molecule has 2 aromatic heterocycles. The molecule has 11 heteroatoms. The summed E-state index contributed by atoms with van der Waals surface area (Å²) in [6.07, 6.45) is -1.17. The minimum atomic E-state index is -4.44. The summed E-state index contributed by atoms with van der Waals surface area (Å²) in [5.41, 5.74) is 0.902. The van der Waals surface area contributed by atoms with Crippen molar-refractivity contribution < 1.29 is 23.1 Å². The van der Waals surface area contributed by atoms with Gasteiger partial charge in [-0.1, -0.05) is 48.9 Å². The highest BCUT2D eigenvalue weighted by atomic mass is 19.4. The van der Waals surface area contributed by atoms with Gasteiger partial charge in [-0.05, 0) is 62.8 Å². The molecule has 1 fully saturated rings. The van der Waals surface area contributed by atoms with E-state index in [1.165, 1.54) is 12.1 Å². The van der Waals surface area contributed by atoms with Crippen molar-refractivity contribution in [2.75, 3.05) is 10.6 Å². The van der Waals surface area contributed by atoms with E-state index in [-0.39, 0.29) is 24.1 Å². The smallest absolute Gasteiger partial charge is 0.416 e. The molecule has 1 aliphatic rings. The third-order valence-corrected chi connectivity index (χ3v) is 7.56. The topological polar surface area (TPSA) is 105 Å². The highest BCUT2D eigenvalue weighted by Gasteiger charge is 2.31. The number of rotatable bonds is 9. The SMILES string of the molecule is C[C@@H](Nc1nc(C(=O)O)nc2nc(NC(C)(C)c3ccccc3)n(Cc3ccc(C(F)(F)F)cc3)c12)C1CCC1. The van der Waals surface area contributed by atoms with E-state index >= 15 is 0 Å². The summed E-state index contributed by atoms with van der Waals surface area (Å²) in [7, 11) is 0. The van der Waals surface area contributed by atoms with Crippen molar-refractivity contribution >= 4 is 28.9 Å². The number of aromatic carboxylic acids is 1. The Morgan fingerprint density at radius 1 is 1.02 bits per heavy atom. The van der Waals surface area contributed by atoms with Gasteiger partial charge < -0.3 is 20.3 Å². The molecule has 5 rings (SSSR count). The fourth-order valence-corrected chi connectivity index (χ4v) is 4.94. The van der Waals surface area contributed by atoms with E-state index in [4.69, 9.17) is 0 Å². The maximum Gasteiger partial charge on any atom is 0.416 e. The fraction of sp³-hybridized carbons (Fsp3) is 0.379. The zero-order valence-corrected chi connectivity index (χ0v) is 22.5. The third-order valence-electron chi connectivity index (χ3n) is 7.56. The zero-order chi connectivity index (χ0) is 28.7. The number of aromatic nitrogens is 4. The number of imidazole rings is 1. The summed E-state index contributed by atoms with van der Waals surface area (Å²) in [6.45, 7) is 6.16. The van der Waals surface area contributed by atoms with Crippen LogP contribution >= 0.6 is 0 Å². The predicted molar refractivity (Wildman–Crippen MR) is 146 cm³/mol. The first-order chi connectivity index (χ1) is 18.9. The van der Waals surface area contributed by atoms with Crippen molar-refractivity contribution in [3.63, 3.8) is 0 Å². The van der Waals surface area contributed by atoms with Crippen molar-refractivity contribution in [2.45, 2.75) is 64.3 Å². The van der Waals surface area contributed by atoms with E-state index in [9.17, 15) is 23.1 Å². The van der Waals surface area contributed by atoms with Gasteiger partial charge in [0.25, 0.3) is 0 Å². The lowest BCUT2D eigenvalue weighted by atomic mass is 9.80. The molecule has 1 saturated carbocycles. The Morgan fingerprint density at radius 2 is 1.70 bits per heavy atom. The molecular formula is C29H31F3N6O2. The molecule has 8 nitrogen and oxygen atoms in total. The van der Waals surface area contributed by atoms with E-state index in [1.54, 1.807) is 4.57 Å². The Kier molecular flexibility index (Phi) is 7.16. The van der Waals surface area contributed by atoms with E-state index in [0.29, 0.717) is 28.8 Å². The van der Waals surface area contributed by atoms with Gasteiger partial charge in [-0.3, -0.25) is 0 Å². The second-order valence-electron chi connectivity index (χ2n) is 10.8. The van der Waals surface area contributed by atoms with Crippen LogP contribution in [0.25, 0.3) is 11.2 Å². The Balaban J connectivity index is 1.64. The van der Waals surface area contributed by atoms with Gasteiger partial charge in [0.05, 0.1) is 17.6 Å². The molecule has 0 amide bonds. The van der Waals surface area contributed by atoms with Crippen LogP contribution in [-0.4, -0.2) is 36.6 Å². The number of nitrogens with one attached hydrogen (secondary N) is 2. The second kappa shape index (κ2) is 10.4. The summed E-state index contributed by atoms with van der Waals surface area (Å²) in [4.78, 5) is 25.1. The van der Waals surface area contributed by atoms with Crippen molar-refractivity contribution in [3.05, 3.63) is 77.1 Å². The van der Waals surface area contributed by atoms with Gasteiger partial charge in [0.2, 0.25) is 11.8 Å². The van der Waals surface area contributed by atoms with Crippen molar-refractivity contribution in [1.29, 1.82) is 0 Å². The number of carboxylic acid groups (broad SMARTS) is 1. The van der Waals surface area contributed by atoms with Gasteiger partial charge in [0.1, 0.15) is 5.52 Å². The molecule has 1 aliphatic carbocycles. The fourth-order valence-electron chi connectivity index (χ4n) is 4.94. The number of alkyl halides is 3. The first-order valence-corrected chi connectivity index (χ1v) is 13.2. The first-order valence-electron chi connectivity index (χ1n) is 13.2. The lowest BCUT2D eigenvalue weighted by molar-refractivity contribution is -0.137. The molecule has 1 atom stereocenters. The van der Waals surface area contributed by atoms with Crippen LogP contribution in [0.15, 0.2) is 54.6 Å². The summed E-state index contributed by atoms with van der Waals surface area (Å²) in [5, 5.41) is 16.6. The number of anilines is 2. The molecule has 210 valence electrons. The molecule has 0 saturated heterocycles. The first kappa shape index (κ1) is 27.4. The number of hydrogen-bond donors (Lipinski definition) is 3. The largest absolute Gasteiger partial charge is 0.475 e. The van der Waals surface area contributed by atoms with Crippen LogP contribution in [-0.2, 0) is 18.3 Å². The summed E-state index contributed by atoms with van der Waals surface area (Å²) in [6, 6.07) is 14.7. The molecule has 3 N–H and O–H groups in total. The van der Waals surface area contributed by atoms with Crippen LogP contribution in [0.4, 0.5) is 24.9 Å². The second-order valence-corrected chi connectivity index (χ2v) is 10.8. The molecule has 0 aliphatic heterocycles. The van der Waals surface area contributed by atoms with Gasteiger partial charge >= 0.3 is 12.1 Å². The van der Waals surface area contributed by atoms with Crippen LogP contribution in [0.5, 0.6) is 0 Å². The minimum absolute atomic E-state index is 0.0279. The Morgan fingerprint density at radius 3 is 2.27 bits per heavy atom. The quantitative estimate of drug-likeness (QED) is 0.217. The molecule has 2 heterocycles. The number of fused-ring (bicyclic) bond motifs is 1. The number of carbonyl (C=O) groups is 1. The van der Waals surface area contributed by atoms with Crippen LogP contribution in [0.3, 0.4) is 0 Å². The molecule has 4 aromatic rings. The molecular weight excluding hydrogens is 521 g/mol. The number of hydrogen-bond acceptors (Lipinski definition) is 6. The standard InChI is InChI=1S/C29H31F3N6O2/c1-17(19-8-7-9-19)33-23-22-24(35-25(34-23)26(39)40)36-27(37-28(2,3)20-10-5-4-6-11-20)38(22)16-18-12-14-21(15-13-18)29(30,31)32/h4-6,10-15,17,19H,7-9,16H2,1-3H3,(H,39,40)(H2,33,34,35,36,37)/t17-/m1/s1. The molecule has 0 bridgehead atoms. The summed E-state index contributed by atoms with van der Waals surface area (Å²) in [5.74, 6) is -0.521. The molecule has 0 unspecified atom stereocenters. The van der Waals surface area contributed by atoms with Crippen LogP contribution < -0.4 is 10.6 Å². The maximum atomic E-state index is 13.2. The molecule has 2 aromatic carbocycles. The van der Waals surface area contributed by atoms with Crippen molar-refractivity contribution in [3.8, 4) is 0 Å². The number of halogens is 3. The molecule has 40 heavy (non-hydrogen) atoms. The van der Waals surface area contributed by atoms with Gasteiger partial charge in [-0.25, -0.2) is 14.8 Å². The summed E-state index contributed by atoms with van der Waals surface area (Å²) < 4.78 is 41.4. The Labute approximate surface area is 229 Å². The van der Waals surface area contributed by atoms with E-state index < -0.39 is 23.2 Å². The summed E-state index contributed by atoms with van der Waals surface area (Å²) >= 11 is 0. The lowest BCUT2D eigenvalue weighted by Gasteiger charge is -2.32. The average Bonchev–Trinajstić information content (AvgIpc) is 3.19. The number of carboxylic acids is 1. The highest BCUT2D eigenvalue weighted by Crippen LogP contribution is 2.35. The van der Waals surface area contributed by atoms with Crippen LogP contribution in [0.2, 0.25) is 0 Å². The normalized spacial score (nSPS) is 15.1. The van der Waals surface area contributed by atoms with Gasteiger partial charge in [-0.15, -0.1) is 0 Å². The van der Waals surface area contributed by atoms with Crippen molar-refractivity contribution in [1.82, 2.24) is 19.5 Å². The molecule has 0 spiro atoms. The monoisotopic (exact) mass is 552 g/mol. The minimum Gasteiger partial charge on any atom is -0.475 e. The van der Waals surface area contributed by atoms with Crippen LogP contribution in [0.1, 0.15) is 67.3 Å². The van der Waals surface area contributed by atoms with Gasteiger partial charge in [0, 0.05) is 6.04 Å². The van der Waals surface area contributed by atoms with E-state index in [2.05, 4.69) is 25.6 Å². The zero-order valence-electron chi connectivity index (χ0n) is 22.5. The van der Waals surface area contributed by atoms with Crippen LogP contribution in [0, 0.1) is 5.92 Å². The van der Waals surface area contributed by atoms with Gasteiger partial charge in [-0.2, -0.15) is 18.2 Å². The lowest BCUT2D eigenvalue weighted by Crippen LogP contribution is -2.32. The highest BCUT2D eigenvalue weighted by molar-refractivity contribution is 5.91. The van der Waals surface area contributed by atoms with Gasteiger partial charge in [0.15, 0.2) is 11.5 Å². The number of nitrogens with zero attached hydrogens (tertiary/aromatic N) is 4. The average molecular weight is 553 g/mol.